The van der Waals surface area contributed by atoms with Crippen molar-refractivity contribution < 1.29 is 14.3 Å². The Balaban J connectivity index is 1.87. The van der Waals surface area contributed by atoms with Gasteiger partial charge < -0.3 is 15.0 Å². The van der Waals surface area contributed by atoms with Crippen LogP contribution in [0.3, 0.4) is 0 Å². The minimum atomic E-state index is -0.704. The lowest BCUT2D eigenvalue weighted by Gasteiger charge is -2.31. The standard InChI is InChI=1S/C26H26Cl2N2O3/c1-2-29-26(32)24(16-19-6-4-3-5-7-19)30(17-20-8-10-21(27)11-9-20)25(31)18-33-23-14-12-22(28)13-15-23/h3-15,24H,2,16-18H2,1H3,(H,29,32)/t24-/m1/s1. The fourth-order valence-electron chi connectivity index (χ4n) is 3.39. The third kappa shape index (κ3) is 7.52. The predicted molar refractivity (Wildman–Crippen MR) is 132 cm³/mol. The largest absolute Gasteiger partial charge is 0.484 e. The summed E-state index contributed by atoms with van der Waals surface area (Å²) in [7, 11) is 0. The van der Waals surface area contributed by atoms with E-state index >= 15 is 0 Å². The summed E-state index contributed by atoms with van der Waals surface area (Å²) in [6, 6.07) is 22.9. The number of carbonyl (C=O) groups is 2. The Hall–Kier alpha value is -3.02. The topological polar surface area (TPSA) is 58.6 Å². The molecule has 1 N–H and O–H groups in total. The summed E-state index contributed by atoms with van der Waals surface area (Å²) in [5.74, 6) is 0.0130. The van der Waals surface area contributed by atoms with Crippen molar-refractivity contribution in [2.45, 2.75) is 25.9 Å². The molecule has 0 aliphatic heterocycles. The maximum absolute atomic E-state index is 13.4. The zero-order valence-electron chi connectivity index (χ0n) is 18.3. The third-order valence-electron chi connectivity index (χ3n) is 5.06. The second-order valence-corrected chi connectivity index (χ2v) is 8.36. The van der Waals surface area contributed by atoms with Gasteiger partial charge in [-0.1, -0.05) is 65.7 Å². The van der Waals surface area contributed by atoms with Crippen LogP contribution in [0.25, 0.3) is 0 Å². The smallest absolute Gasteiger partial charge is 0.261 e. The lowest BCUT2D eigenvalue weighted by Crippen LogP contribution is -2.51. The monoisotopic (exact) mass is 484 g/mol. The van der Waals surface area contributed by atoms with Crippen molar-refractivity contribution in [3.05, 3.63) is 100 Å². The molecule has 3 rings (SSSR count). The van der Waals surface area contributed by atoms with Crippen molar-refractivity contribution >= 4 is 35.0 Å². The number of carbonyl (C=O) groups excluding carboxylic acids is 2. The highest BCUT2D eigenvalue weighted by molar-refractivity contribution is 6.30. The Morgan fingerprint density at radius 1 is 0.879 bits per heavy atom. The Morgan fingerprint density at radius 2 is 1.48 bits per heavy atom. The first-order valence-corrected chi connectivity index (χ1v) is 11.5. The van der Waals surface area contributed by atoms with Crippen molar-refractivity contribution in [1.82, 2.24) is 10.2 Å². The van der Waals surface area contributed by atoms with Crippen LogP contribution in [0.5, 0.6) is 5.75 Å². The van der Waals surface area contributed by atoms with Crippen LogP contribution in [0.2, 0.25) is 10.0 Å². The Labute approximate surface area is 204 Å². The zero-order chi connectivity index (χ0) is 23.6. The van der Waals surface area contributed by atoms with Crippen molar-refractivity contribution in [3.63, 3.8) is 0 Å². The molecule has 0 radical (unpaired) electrons. The third-order valence-corrected chi connectivity index (χ3v) is 5.57. The molecule has 0 bridgehead atoms. The van der Waals surface area contributed by atoms with Gasteiger partial charge in [-0.05, 0) is 54.4 Å². The molecule has 0 unspecified atom stereocenters. The lowest BCUT2D eigenvalue weighted by atomic mass is 10.0. The molecule has 0 saturated carbocycles. The van der Waals surface area contributed by atoms with Gasteiger partial charge in [0, 0.05) is 29.6 Å². The molecule has 0 fully saturated rings. The molecule has 0 aliphatic rings. The van der Waals surface area contributed by atoms with Gasteiger partial charge in [0.25, 0.3) is 5.91 Å². The summed E-state index contributed by atoms with van der Waals surface area (Å²) in [5.41, 5.74) is 1.82. The van der Waals surface area contributed by atoms with E-state index in [9.17, 15) is 9.59 Å². The minimum absolute atomic E-state index is 0.208. The van der Waals surface area contributed by atoms with Crippen LogP contribution in [0.4, 0.5) is 0 Å². The summed E-state index contributed by atoms with van der Waals surface area (Å²) in [4.78, 5) is 28.0. The van der Waals surface area contributed by atoms with Crippen LogP contribution in [-0.2, 0) is 22.6 Å². The molecule has 0 aromatic heterocycles. The van der Waals surface area contributed by atoms with E-state index in [1.54, 1.807) is 41.3 Å². The maximum Gasteiger partial charge on any atom is 0.261 e. The highest BCUT2D eigenvalue weighted by Crippen LogP contribution is 2.19. The fraction of sp³-hybridized carbons (Fsp3) is 0.231. The quantitative estimate of drug-likeness (QED) is 0.432. The lowest BCUT2D eigenvalue weighted by molar-refractivity contribution is -0.142. The number of hydrogen-bond donors (Lipinski definition) is 1. The van der Waals surface area contributed by atoms with Crippen LogP contribution >= 0.6 is 23.2 Å². The molecular formula is C26H26Cl2N2O3. The molecule has 0 aliphatic carbocycles. The zero-order valence-corrected chi connectivity index (χ0v) is 19.9. The first kappa shape index (κ1) is 24.6. The van der Waals surface area contributed by atoms with E-state index in [-0.39, 0.29) is 25.0 Å². The van der Waals surface area contributed by atoms with Crippen LogP contribution in [-0.4, -0.2) is 35.9 Å². The molecule has 33 heavy (non-hydrogen) atoms. The van der Waals surface area contributed by atoms with E-state index in [0.29, 0.717) is 28.8 Å². The molecular weight excluding hydrogens is 459 g/mol. The number of benzene rings is 3. The molecule has 7 heteroatoms. The number of nitrogens with zero attached hydrogens (tertiary/aromatic N) is 1. The normalized spacial score (nSPS) is 11.5. The van der Waals surface area contributed by atoms with Crippen molar-refractivity contribution in [3.8, 4) is 5.75 Å². The predicted octanol–water partition coefficient (Wildman–Crippen LogP) is 5.15. The number of halogens is 2. The van der Waals surface area contributed by atoms with E-state index < -0.39 is 6.04 Å². The highest BCUT2D eigenvalue weighted by Gasteiger charge is 2.30. The Morgan fingerprint density at radius 3 is 2.09 bits per heavy atom. The van der Waals surface area contributed by atoms with Gasteiger partial charge in [0.2, 0.25) is 5.91 Å². The van der Waals surface area contributed by atoms with Gasteiger partial charge in [-0.3, -0.25) is 9.59 Å². The second-order valence-electron chi connectivity index (χ2n) is 7.49. The number of hydrogen-bond acceptors (Lipinski definition) is 3. The first-order valence-electron chi connectivity index (χ1n) is 10.7. The van der Waals surface area contributed by atoms with Gasteiger partial charge in [-0.25, -0.2) is 0 Å². The summed E-state index contributed by atoms with van der Waals surface area (Å²) >= 11 is 12.0. The maximum atomic E-state index is 13.4. The number of ether oxygens (including phenoxy) is 1. The highest BCUT2D eigenvalue weighted by atomic mass is 35.5. The number of likely N-dealkylation sites (N-methyl/N-ethyl adjacent to an activating group) is 1. The van der Waals surface area contributed by atoms with E-state index in [0.717, 1.165) is 11.1 Å². The van der Waals surface area contributed by atoms with Crippen LogP contribution < -0.4 is 10.1 Å². The number of rotatable bonds is 10. The van der Waals surface area contributed by atoms with Gasteiger partial charge in [0.1, 0.15) is 11.8 Å². The Bertz CT molecular complexity index is 1040. The SMILES string of the molecule is CCNC(=O)[C@@H](Cc1ccccc1)N(Cc1ccc(Cl)cc1)C(=O)COc1ccc(Cl)cc1. The molecule has 3 aromatic rings. The van der Waals surface area contributed by atoms with Crippen molar-refractivity contribution in [1.29, 1.82) is 0 Å². The molecule has 172 valence electrons. The van der Waals surface area contributed by atoms with Gasteiger partial charge in [0.15, 0.2) is 6.61 Å². The van der Waals surface area contributed by atoms with Crippen LogP contribution in [0.1, 0.15) is 18.1 Å². The van der Waals surface area contributed by atoms with Gasteiger partial charge in [0.05, 0.1) is 0 Å². The number of nitrogens with one attached hydrogen (secondary N) is 1. The van der Waals surface area contributed by atoms with Gasteiger partial charge in [-0.15, -0.1) is 0 Å². The van der Waals surface area contributed by atoms with Crippen LogP contribution in [0.15, 0.2) is 78.9 Å². The van der Waals surface area contributed by atoms with Crippen LogP contribution in [0, 0.1) is 0 Å². The molecule has 5 nitrogen and oxygen atoms in total. The Kier molecular flexibility index (Phi) is 9.16. The summed E-state index contributed by atoms with van der Waals surface area (Å²) < 4.78 is 5.70. The van der Waals surface area contributed by atoms with E-state index in [2.05, 4.69) is 5.32 Å². The molecule has 0 heterocycles. The average molecular weight is 485 g/mol. The molecule has 3 aromatic carbocycles. The summed E-state index contributed by atoms with van der Waals surface area (Å²) in [5, 5.41) is 4.05. The van der Waals surface area contributed by atoms with Crippen molar-refractivity contribution in [2.75, 3.05) is 13.2 Å². The fourth-order valence-corrected chi connectivity index (χ4v) is 3.64. The first-order chi connectivity index (χ1) is 16.0. The van der Waals surface area contributed by atoms with E-state index in [1.165, 1.54) is 0 Å². The minimum Gasteiger partial charge on any atom is -0.484 e. The van der Waals surface area contributed by atoms with Gasteiger partial charge in [-0.2, -0.15) is 0 Å². The van der Waals surface area contributed by atoms with E-state index in [1.807, 2.05) is 49.4 Å². The number of amides is 2. The summed E-state index contributed by atoms with van der Waals surface area (Å²) in [6.45, 7) is 2.36. The van der Waals surface area contributed by atoms with Crippen molar-refractivity contribution in [2.24, 2.45) is 0 Å². The molecule has 0 spiro atoms. The molecule has 1 atom stereocenters. The van der Waals surface area contributed by atoms with E-state index in [4.69, 9.17) is 27.9 Å². The van der Waals surface area contributed by atoms with Gasteiger partial charge >= 0.3 is 0 Å². The molecule has 0 saturated heterocycles. The molecule has 2 amide bonds. The summed E-state index contributed by atoms with van der Waals surface area (Å²) in [6.07, 6.45) is 0.382. The average Bonchev–Trinajstić information content (AvgIpc) is 2.82. The second kappa shape index (κ2) is 12.3.